The fourth-order valence-electron chi connectivity index (χ4n) is 1.83. The number of para-hydroxylation sites is 1. The number of hydrogen-bond donors (Lipinski definition) is 1. The first-order valence-corrected chi connectivity index (χ1v) is 6.54. The molecule has 1 unspecified atom stereocenters. The van der Waals surface area contributed by atoms with Gasteiger partial charge in [0.2, 0.25) is 0 Å². The Morgan fingerprint density at radius 3 is 2.48 bits per heavy atom. The number of benzene rings is 1. The van der Waals surface area contributed by atoms with E-state index in [4.69, 9.17) is 26.5 Å². The molecule has 0 saturated carbocycles. The third-order valence-electron chi connectivity index (χ3n) is 2.91. The molecule has 1 aromatic heterocycles. The first kappa shape index (κ1) is 15.7. The number of nitrogens with two attached hydrogens (primary N) is 1. The van der Waals surface area contributed by atoms with Crippen molar-refractivity contribution in [3.8, 4) is 5.75 Å². The van der Waals surface area contributed by atoms with E-state index in [2.05, 4.69) is 0 Å². The highest BCUT2D eigenvalue weighted by Gasteiger charge is 2.34. The molecule has 0 aliphatic rings. The van der Waals surface area contributed by atoms with Gasteiger partial charge in [-0.05, 0) is 35.9 Å². The SMILES string of the molecule is NCC(COc1ccccc1C(F)(F)F)c1ccc(Cl)o1. The summed E-state index contributed by atoms with van der Waals surface area (Å²) in [7, 11) is 0. The Morgan fingerprint density at radius 1 is 1.19 bits per heavy atom. The number of alkyl halides is 3. The highest BCUT2D eigenvalue weighted by atomic mass is 35.5. The number of furan rings is 1. The summed E-state index contributed by atoms with van der Waals surface area (Å²) in [4.78, 5) is 0. The molecule has 0 fully saturated rings. The second kappa shape index (κ2) is 6.41. The minimum Gasteiger partial charge on any atom is -0.492 e. The molecular formula is C14H13ClF3NO2. The Labute approximate surface area is 124 Å². The Kier molecular flexibility index (Phi) is 4.80. The smallest absolute Gasteiger partial charge is 0.419 e. The molecule has 1 aromatic carbocycles. The van der Waals surface area contributed by atoms with Crippen molar-refractivity contribution in [2.45, 2.75) is 12.1 Å². The maximum atomic E-state index is 12.8. The topological polar surface area (TPSA) is 48.4 Å². The van der Waals surface area contributed by atoms with Crippen LogP contribution in [0.3, 0.4) is 0 Å². The highest BCUT2D eigenvalue weighted by molar-refractivity contribution is 6.28. The average molecular weight is 320 g/mol. The van der Waals surface area contributed by atoms with Crippen LogP contribution in [0.15, 0.2) is 40.8 Å². The van der Waals surface area contributed by atoms with E-state index in [0.29, 0.717) is 5.76 Å². The van der Waals surface area contributed by atoms with Crippen molar-refractivity contribution in [3.63, 3.8) is 0 Å². The lowest BCUT2D eigenvalue weighted by Crippen LogP contribution is -2.20. The maximum Gasteiger partial charge on any atom is 0.419 e. The van der Waals surface area contributed by atoms with Crippen LogP contribution in [-0.2, 0) is 6.18 Å². The summed E-state index contributed by atoms with van der Waals surface area (Å²) in [5.41, 5.74) is 4.78. The molecule has 1 atom stereocenters. The predicted molar refractivity (Wildman–Crippen MR) is 72.5 cm³/mol. The predicted octanol–water partition coefficient (Wildman–Crippen LogP) is 4.07. The first-order chi connectivity index (χ1) is 9.91. The van der Waals surface area contributed by atoms with Crippen molar-refractivity contribution in [3.05, 3.63) is 52.9 Å². The van der Waals surface area contributed by atoms with E-state index in [9.17, 15) is 13.2 Å². The van der Waals surface area contributed by atoms with Gasteiger partial charge in [0.25, 0.3) is 0 Å². The van der Waals surface area contributed by atoms with Gasteiger partial charge in [0.1, 0.15) is 11.5 Å². The summed E-state index contributed by atoms with van der Waals surface area (Å²) < 4.78 is 49.0. The van der Waals surface area contributed by atoms with E-state index in [1.54, 1.807) is 12.1 Å². The van der Waals surface area contributed by atoms with Gasteiger partial charge in [0.05, 0.1) is 18.1 Å². The standard InChI is InChI=1S/C14H13ClF3NO2/c15-13-6-5-11(21-13)9(7-19)8-20-12-4-2-1-3-10(12)14(16,17)18/h1-6,9H,7-8,19H2. The Hall–Kier alpha value is -1.66. The van der Waals surface area contributed by atoms with Gasteiger partial charge < -0.3 is 14.9 Å². The van der Waals surface area contributed by atoms with Crippen LogP contribution in [-0.4, -0.2) is 13.2 Å². The lowest BCUT2D eigenvalue weighted by atomic mass is 10.1. The van der Waals surface area contributed by atoms with Gasteiger partial charge in [-0.2, -0.15) is 13.2 Å². The van der Waals surface area contributed by atoms with E-state index in [1.165, 1.54) is 18.2 Å². The second-order valence-electron chi connectivity index (χ2n) is 4.38. The molecule has 3 nitrogen and oxygen atoms in total. The lowest BCUT2D eigenvalue weighted by Gasteiger charge is -2.17. The molecule has 0 radical (unpaired) electrons. The lowest BCUT2D eigenvalue weighted by molar-refractivity contribution is -0.139. The molecule has 0 spiro atoms. The molecule has 2 rings (SSSR count). The Balaban J connectivity index is 2.12. The zero-order chi connectivity index (χ0) is 15.5. The molecule has 0 saturated heterocycles. The number of halogens is 4. The summed E-state index contributed by atoms with van der Waals surface area (Å²) in [5, 5.41) is 0.194. The van der Waals surface area contributed by atoms with Gasteiger partial charge in [-0.25, -0.2) is 0 Å². The largest absolute Gasteiger partial charge is 0.492 e. The average Bonchev–Trinajstić information content (AvgIpc) is 2.85. The monoisotopic (exact) mass is 319 g/mol. The van der Waals surface area contributed by atoms with Gasteiger partial charge in [-0.3, -0.25) is 0 Å². The Morgan fingerprint density at radius 2 is 1.90 bits per heavy atom. The van der Waals surface area contributed by atoms with Crippen molar-refractivity contribution in [1.29, 1.82) is 0 Å². The van der Waals surface area contributed by atoms with Crippen LogP contribution in [0.5, 0.6) is 5.75 Å². The molecule has 0 amide bonds. The number of ether oxygens (including phenoxy) is 1. The molecule has 2 N–H and O–H groups in total. The summed E-state index contributed by atoms with van der Waals surface area (Å²) in [5.74, 6) is -0.133. The van der Waals surface area contributed by atoms with E-state index < -0.39 is 11.7 Å². The zero-order valence-electron chi connectivity index (χ0n) is 10.9. The maximum absolute atomic E-state index is 12.8. The third kappa shape index (κ3) is 3.92. The fraction of sp³-hybridized carbons (Fsp3) is 0.286. The summed E-state index contributed by atoms with van der Waals surface area (Å²) in [6.07, 6.45) is -4.47. The normalized spacial score (nSPS) is 13.2. The second-order valence-corrected chi connectivity index (χ2v) is 4.75. The van der Waals surface area contributed by atoms with Crippen molar-refractivity contribution in [2.24, 2.45) is 5.73 Å². The van der Waals surface area contributed by atoms with Crippen LogP contribution >= 0.6 is 11.6 Å². The minimum absolute atomic E-state index is 0.0343. The van der Waals surface area contributed by atoms with E-state index in [-0.39, 0.29) is 30.0 Å². The van der Waals surface area contributed by atoms with Crippen LogP contribution in [0.1, 0.15) is 17.2 Å². The van der Waals surface area contributed by atoms with E-state index in [1.807, 2.05) is 0 Å². The van der Waals surface area contributed by atoms with Gasteiger partial charge in [-0.1, -0.05) is 12.1 Å². The summed E-state index contributed by atoms with van der Waals surface area (Å²) >= 11 is 5.67. The molecule has 0 aliphatic heterocycles. The van der Waals surface area contributed by atoms with Gasteiger partial charge in [0.15, 0.2) is 5.22 Å². The zero-order valence-corrected chi connectivity index (χ0v) is 11.6. The van der Waals surface area contributed by atoms with E-state index in [0.717, 1.165) is 6.07 Å². The third-order valence-corrected chi connectivity index (χ3v) is 3.12. The highest BCUT2D eigenvalue weighted by Crippen LogP contribution is 2.36. The van der Waals surface area contributed by atoms with Crippen molar-refractivity contribution < 1.29 is 22.3 Å². The Bertz CT molecular complexity index is 598. The van der Waals surface area contributed by atoms with Crippen LogP contribution in [0.4, 0.5) is 13.2 Å². The van der Waals surface area contributed by atoms with Crippen LogP contribution < -0.4 is 10.5 Å². The van der Waals surface area contributed by atoms with Crippen LogP contribution in [0.25, 0.3) is 0 Å². The summed E-state index contributed by atoms with van der Waals surface area (Å²) in [6.45, 7) is 0.130. The fourth-order valence-corrected chi connectivity index (χ4v) is 1.98. The van der Waals surface area contributed by atoms with Gasteiger partial charge >= 0.3 is 6.18 Å². The molecule has 7 heteroatoms. The minimum atomic E-state index is -4.47. The quantitative estimate of drug-likeness (QED) is 0.903. The van der Waals surface area contributed by atoms with E-state index >= 15 is 0 Å². The van der Waals surface area contributed by atoms with Gasteiger partial charge in [-0.15, -0.1) is 0 Å². The summed E-state index contributed by atoms with van der Waals surface area (Å²) in [6, 6.07) is 8.19. The molecule has 114 valence electrons. The van der Waals surface area contributed by atoms with Crippen molar-refractivity contribution >= 4 is 11.6 Å². The number of hydrogen-bond acceptors (Lipinski definition) is 3. The molecular weight excluding hydrogens is 307 g/mol. The molecule has 21 heavy (non-hydrogen) atoms. The van der Waals surface area contributed by atoms with Gasteiger partial charge in [0, 0.05) is 6.54 Å². The molecule has 0 aliphatic carbocycles. The van der Waals surface area contributed by atoms with Crippen LogP contribution in [0.2, 0.25) is 5.22 Å². The molecule has 2 aromatic rings. The van der Waals surface area contributed by atoms with Crippen LogP contribution in [0, 0.1) is 0 Å². The molecule has 1 heterocycles. The van der Waals surface area contributed by atoms with Crippen molar-refractivity contribution in [1.82, 2.24) is 0 Å². The molecule has 0 bridgehead atoms. The van der Waals surface area contributed by atoms with Crippen molar-refractivity contribution in [2.75, 3.05) is 13.2 Å². The first-order valence-electron chi connectivity index (χ1n) is 6.16. The number of rotatable bonds is 5.